The van der Waals surface area contributed by atoms with Crippen LogP contribution in [0.1, 0.15) is 37.6 Å². The molecule has 0 amide bonds. The first-order chi connectivity index (χ1) is 24.8. The SMILES string of the molecule is [B]C([B])([B])n1cc(-c2ccnc(-n3ccn4c5c(cc4c3=O)CC(C)(C)C5)c2CO)cc(Nc2ccc(N3CCN(C4COC4)C[C@@H]3C)cn2)c1=O. The maximum absolute atomic E-state index is 13.9. The summed E-state index contributed by atoms with van der Waals surface area (Å²) in [5, 5.41) is 11.8. The standard InChI is InChI=1S/C37H39B3N8O4/c1-22-17-44(26-20-52-21-26)8-9-45(22)25-4-5-32(42-16-25)43-29-12-24(18-48(34(29)50)37(38,39)40)27-6-7-41-33(28(27)19-49)47-11-10-46-30(35(47)51)13-23-14-36(2,3)15-31(23)46/h4-7,10-13,16,18,22,26,49H,8-9,14-15,17,19-21H2,1-3H3,(H,42,43)/t22-/m0/s1. The van der Waals surface area contributed by atoms with Gasteiger partial charge in [-0.3, -0.25) is 19.1 Å². The first kappa shape index (κ1) is 34.5. The summed E-state index contributed by atoms with van der Waals surface area (Å²) in [6, 6.07) is 9.86. The van der Waals surface area contributed by atoms with Crippen LogP contribution >= 0.6 is 0 Å². The fraction of sp³-hybridized carbons (Fsp3) is 0.405. The number of rotatable bonds is 8. The minimum absolute atomic E-state index is 0.111. The van der Waals surface area contributed by atoms with Crippen molar-refractivity contribution in [3.63, 3.8) is 0 Å². The van der Waals surface area contributed by atoms with E-state index in [-0.39, 0.29) is 22.5 Å². The van der Waals surface area contributed by atoms with E-state index >= 15 is 0 Å². The van der Waals surface area contributed by atoms with E-state index in [0.717, 1.165) is 67.2 Å². The molecule has 3 aliphatic rings. The Hall–Kier alpha value is -4.59. The molecule has 2 aliphatic heterocycles. The van der Waals surface area contributed by atoms with Gasteiger partial charge < -0.3 is 29.0 Å². The summed E-state index contributed by atoms with van der Waals surface area (Å²) < 4.78 is 9.80. The molecule has 7 heterocycles. The zero-order valence-electron chi connectivity index (χ0n) is 29.6. The molecular weight excluding hydrogens is 653 g/mol. The minimum atomic E-state index is -2.05. The summed E-state index contributed by atoms with van der Waals surface area (Å²) >= 11 is 0. The molecule has 5 aromatic heterocycles. The maximum atomic E-state index is 13.9. The lowest BCUT2D eigenvalue weighted by atomic mass is 9.49. The third-order valence-corrected chi connectivity index (χ3v) is 10.7. The summed E-state index contributed by atoms with van der Waals surface area (Å²) in [6.07, 6.45) is 10.1. The van der Waals surface area contributed by atoms with Crippen LogP contribution in [0.25, 0.3) is 22.5 Å². The van der Waals surface area contributed by atoms with Crippen LogP contribution in [0.2, 0.25) is 0 Å². The van der Waals surface area contributed by atoms with Crippen molar-refractivity contribution in [2.75, 3.05) is 43.1 Å². The van der Waals surface area contributed by atoms with E-state index in [1.54, 1.807) is 30.7 Å². The molecule has 8 rings (SSSR count). The second-order valence-electron chi connectivity index (χ2n) is 15.1. The van der Waals surface area contributed by atoms with Gasteiger partial charge in [0.05, 0.1) is 61.3 Å². The lowest BCUT2D eigenvalue weighted by molar-refractivity contribution is -0.0691. The van der Waals surface area contributed by atoms with Crippen LogP contribution in [0.5, 0.6) is 0 Å². The largest absolute Gasteiger partial charge is 0.392 e. The van der Waals surface area contributed by atoms with Crippen molar-refractivity contribution in [3.05, 3.63) is 98.8 Å². The van der Waals surface area contributed by atoms with Crippen molar-refractivity contribution < 1.29 is 9.84 Å². The number of anilines is 3. The van der Waals surface area contributed by atoms with Gasteiger partial charge in [0, 0.05) is 67.3 Å². The highest BCUT2D eigenvalue weighted by Crippen LogP contribution is 2.37. The van der Waals surface area contributed by atoms with Gasteiger partial charge in [-0.25, -0.2) is 9.97 Å². The van der Waals surface area contributed by atoms with E-state index in [4.69, 9.17) is 28.3 Å². The molecule has 0 spiro atoms. The number of aliphatic hydroxyl groups is 1. The summed E-state index contributed by atoms with van der Waals surface area (Å²) in [6.45, 7) is 10.6. The van der Waals surface area contributed by atoms with Crippen LogP contribution in [0.4, 0.5) is 17.2 Å². The Kier molecular flexibility index (Phi) is 8.50. The molecule has 260 valence electrons. The van der Waals surface area contributed by atoms with E-state index in [1.165, 1.54) is 10.8 Å². The molecule has 1 atom stereocenters. The quantitative estimate of drug-likeness (QED) is 0.236. The fourth-order valence-corrected chi connectivity index (χ4v) is 7.95. The van der Waals surface area contributed by atoms with Crippen molar-refractivity contribution in [1.82, 2.24) is 28.4 Å². The third-order valence-electron chi connectivity index (χ3n) is 10.7. The second kappa shape index (κ2) is 12.8. The van der Waals surface area contributed by atoms with Gasteiger partial charge in [0.2, 0.25) is 0 Å². The molecule has 0 unspecified atom stereocenters. The minimum Gasteiger partial charge on any atom is -0.392 e. The van der Waals surface area contributed by atoms with Crippen molar-refractivity contribution in [2.24, 2.45) is 5.41 Å². The summed E-state index contributed by atoms with van der Waals surface area (Å²) in [5.41, 5.74) is 4.57. The molecular formula is C37H39B3N8O4. The Bertz CT molecular complexity index is 2290. The smallest absolute Gasteiger partial charge is 0.280 e. The Labute approximate surface area is 305 Å². The van der Waals surface area contributed by atoms with E-state index < -0.39 is 17.4 Å². The molecule has 15 heteroatoms. The number of aromatic nitrogens is 5. The molecule has 0 bridgehead atoms. The first-order valence-corrected chi connectivity index (χ1v) is 17.6. The van der Waals surface area contributed by atoms with Crippen LogP contribution in [0.15, 0.2) is 70.9 Å². The lowest BCUT2D eigenvalue weighted by Crippen LogP contribution is -2.59. The molecule has 52 heavy (non-hydrogen) atoms. The lowest BCUT2D eigenvalue weighted by Gasteiger charge is -2.46. The number of aliphatic hydroxyl groups excluding tert-OH is 1. The topological polar surface area (TPSA) is 122 Å². The first-order valence-electron chi connectivity index (χ1n) is 17.6. The van der Waals surface area contributed by atoms with Gasteiger partial charge in [0.25, 0.3) is 11.1 Å². The zero-order chi connectivity index (χ0) is 36.5. The van der Waals surface area contributed by atoms with Crippen LogP contribution < -0.4 is 21.3 Å². The predicted molar refractivity (Wildman–Crippen MR) is 203 cm³/mol. The van der Waals surface area contributed by atoms with Gasteiger partial charge in [0.1, 0.15) is 22.8 Å². The average molecular weight is 692 g/mol. The molecule has 2 N–H and O–H groups in total. The van der Waals surface area contributed by atoms with Gasteiger partial charge in [-0.05, 0) is 66.6 Å². The second-order valence-corrected chi connectivity index (χ2v) is 15.1. The van der Waals surface area contributed by atoms with Crippen molar-refractivity contribution in [3.8, 4) is 16.9 Å². The van der Waals surface area contributed by atoms with E-state index in [2.05, 4.69) is 45.9 Å². The number of pyridine rings is 3. The Balaban J connectivity index is 1.12. The summed E-state index contributed by atoms with van der Waals surface area (Å²) in [4.78, 5) is 41.6. The molecule has 12 nitrogen and oxygen atoms in total. The molecule has 5 aromatic rings. The Morgan fingerprint density at radius 3 is 2.52 bits per heavy atom. The van der Waals surface area contributed by atoms with Gasteiger partial charge >= 0.3 is 0 Å². The third kappa shape index (κ3) is 6.08. The highest BCUT2D eigenvalue weighted by molar-refractivity contribution is 6.56. The molecule has 2 saturated heterocycles. The maximum Gasteiger partial charge on any atom is 0.280 e. The Morgan fingerprint density at radius 2 is 1.85 bits per heavy atom. The highest BCUT2D eigenvalue weighted by Gasteiger charge is 2.33. The van der Waals surface area contributed by atoms with Crippen molar-refractivity contribution in [2.45, 2.75) is 57.5 Å². The molecule has 0 saturated carbocycles. The van der Waals surface area contributed by atoms with Crippen LogP contribution in [-0.4, -0.2) is 102 Å². The van der Waals surface area contributed by atoms with Gasteiger partial charge in [-0.2, -0.15) is 0 Å². The molecule has 6 radical (unpaired) electrons. The number of piperazine rings is 1. The molecule has 1 aliphatic carbocycles. The van der Waals surface area contributed by atoms with Crippen LogP contribution in [0, 0.1) is 5.41 Å². The normalized spacial score (nSPS) is 19.2. The van der Waals surface area contributed by atoms with Crippen LogP contribution in [-0.2, 0) is 29.4 Å². The number of hydrogen-bond donors (Lipinski definition) is 2. The number of nitrogens with zero attached hydrogens (tertiary/aromatic N) is 7. The number of nitrogens with one attached hydrogen (secondary N) is 1. The highest BCUT2D eigenvalue weighted by atomic mass is 16.5. The van der Waals surface area contributed by atoms with Gasteiger partial charge in [-0.15, -0.1) is 0 Å². The van der Waals surface area contributed by atoms with E-state index in [0.29, 0.717) is 40.1 Å². The summed E-state index contributed by atoms with van der Waals surface area (Å²) in [5.74, 6) is 0.688. The molecule has 2 fully saturated rings. The number of ether oxygens (including phenoxy) is 1. The number of hydrogen-bond acceptors (Lipinski definition) is 9. The van der Waals surface area contributed by atoms with Crippen LogP contribution in [0.3, 0.4) is 0 Å². The van der Waals surface area contributed by atoms with Gasteiger partial charge in [0.15, 0.2) is 0 Å². The predicted octanol–water partition coefficient (Wildman–Crippen LogP) is 2.05. The van der Waals surface area contributed by atoms with E-state index in [1.807, 2.05) is 28.8 Å². The molecule has 0 aromatic carbocycles. The van der Waals surface area contributed by atoms with Gasteiger partial charge in [-0.1, -0.05) is 19.1 Å². The average Bonchev–Trinajstić information content (AvgIpc) is 3.57. The summed E-state index contributed by atoms with van der Waals surface area (Å²) in [7, 11) is 18.3. The van der Waals surface area contributed by atoms with Crippen molar-refractivity contribution in [1.29, 1.82) is 0 Å². The number of fused-ring (bicyclic) bond motifs is 3. The monoisotopic (exact) mass is 692 g/mol. The Morgan fingerprint density at radius 1 is 1.04 bits per heavy atom. The zero-order valence-corrected chi connectivity index (χ0v) is 29.6. The van der Waals surface area contributed by atoms with Crippen molar-refractivity contribution >= 4 is 46.2 Å². The van der Waals surface area contributed by atoms with E-state index in [9.17, 15) is 14.7 Å². The fourth-order valence-electron chi connectivity index (χ4n) is 7.95.